The van der Waals surface area contributed by atoms with Gasteiger partial charge in [-0.3, -0.25) is 9.48 Å². The molecule has 6 heterocycles. The number of hydrogen-bond donors (Lipinski definition) is 3. The molecule has 3 saturated heterocycles. The van der Waals surface area contributed by atoms with E-state index in [9.17, 15) is 9.90 Å². The summed E-state index contributed by atoms with van der Waals surface area (Å²) in [7, 11) is 1.85. The Bertz CT molecular complexity index is 1860. The van der Waals surface area contributed by atoms with Crippen molar-refractivity contribution >= 4 is 28.4 Å². The Labute approximate surface area is 254 Å². The molecule has 12 nitrogen and oxygen atoms in total. The van der Waals surface area contributed by atoms with Crippen LogP contribution in [-0.4, -0.2) is 65.7 Å². The average Bonchev–Trinajstić information content (AvgIpc) is 3.66. The minimum Gasteiger partial charge on any atom is -0.394 e. The molecule has 0 radical (unpaired) electrons. The van der Waals surface area contributed by atoms with Gasteiger partial charge in [0.2, 0.25) is 5.95 Å². The van der Waals surface area contributed by atoms with E-state index in [1.807, 2.05) is 54.2 Å². The Morgan fingerprint density at radius 1 is 1.11 bits per heavy atom. The van der Waals surface area contributed by atoms with Gasteiger partial charge in [-0.25, -0.2) is 9.67 Å². The lowest BCUT2D eigenvalue weighted by atomic mass is 9.71. The van der Waals surface area contributed by atoms with Gasteiger partial charge in [0.1, 0.15) is 11.4 Å². The van der Waals surface area contributed by atoms with E-state index in [4.69, 9.17) is 14.5 Å². The molecule has 0 unspecified atom stereocenters. The van der Waals surface area contributed by atoms with Gasteiger partial charge in [0.25, 0.3) is 11.4 Å². The maximum atomic E-state index is 12.8. The van der Waals surface area contributed by atoms with Gasteiger partial charge in [-0.2, -0.15) is 9.97 Å². The highest BCUT2D eigenvalue weighted by atomic mass is 16.5. The first-order chi connectivity index (χ1) is 21.5. The molecule has 5 aromatic rings. The minimum absolute atomic E-state index is 0.0620. The molecular weight excluding hydrogens is 558 g/mol. The Kier molecular flexibility index (Phi) is 7.23. The molecule has 2 bridgehead atoms. The molecule has 0 aliphatic carbocycles. The van der Waals surface area contributed by atoms with Gasteiger partial charge >= 0.3 is 0 Å². The van der Waals surface area contributed by atoms with Crippen molar-refractivity contribution in [1.82, 2.24) is 34.4 Å². The quantitative estimate of drug-likeness (QED) is 0.204. The van der Waals surface area contributed by atoms with Crippen LogP contribution in [-0.2, 0) is 19.0 Å². The first-order valence-electron chi connectivity index (χ1n) is 14.9. The summed E-state index contributed by atoms with van der Waals surface area (Å²) in [6, 6.07) is 14.8. The fraction of sp³-hybridized carbons (Fsp3) is 0.344. The van der Waals surface area contributed by atoms with Gasteiger partial charge in [-0.05, 0) is 62.7 Å². The normalized spacial score (nSPS) is 20.1. The van der Waals surface area contributed by atoms with E-state index in [1.165, 1.54) is 0 Å². The van der Waals surface area contributed by atoms with Gasteiger partial charge in [0.05, 0.1) is 30.1 Å². The molecule has 3 aliphatic rings. The summed E-state index contributed by atoms with van der Waals surface area (Å²) in [6.45, 7) is 7.17. The summed E-state index contributed by atoms with van der Waals surface area (Å²) in [5, 5.41) is 22.0. The van der Waals surface area contributed by atoms with Crippen LogP contribution in [0.3, 0.4) is 0 Å². The first-order valence-corrected chi connectivity index (χ1v) is 14.9. The van der Waals surface area contributed by atoms with Gasteiger partial charge in [0.15, 0.2) is 5.82 Å². The van der Waals surface area contributed by atoms with Crippen LogP contribution in [0.4, 0.5) is 17.5 Å². The van der Waals surface area contributed by atoms with Crippen molar-refractivity contribution in [2.24, 2.45) is 7.05 Å². The number of aliphatic hydroxyl groups is 1. The summed E-state index contributed by atoms with van der Waals surface area (Å²) < 4.78 is 9.29. The van der Waals surface area contributed by atoms with Crippen molar-refractivity contribution in [3.63, 3.8) is 0 Å². The number of nitrogens with one attached hydrogen (secondary N) is 2. The predicted octanol–water partition coefficient (Wildman–Crippen LogP) is 3.99. The molecule has 12 heteroatoms. The highest BCUT2D eigenvalue weighted by Gasteiger charge is 2.44. The van der Waals surface area contributed by atoms with Crippen LogP contribution < -0.4 is 16.2 Å². The number of benzene rings is 2. The monoisotopic (exact) mass is 593 g/mol. The van der Waals surface area contributed by atoms with Crippen LogP contribution in [0.15, 0.2) is 76.7 Å². The molecule has 1 atom stereocenters. The van der Waals surface area contributed by atoms with Crippen molar-refractivity contribution in [3.05, 3.63) is 89.1 Å². The molecule has 2 aromatic carbocycles. The van der Waals surface area contributed by atoms with Crippen molar-refractivity contribution < 1.29 is 9.63 Å². The summed E-state index contributed by atoms with van der Waals surface area (Å²) in [5.74, 6) is 1.85. The SMILES string of the molecule is C=CCn1c(=O)c2ccc(Nc3ncc(-c4nc(C56CCN(CC5)CC6)no4)c(N[C@H](CO)c4ccccc4)n3)cc2n1C. The smallest absolute Gasteiger partial charge is 0.274 e. The third kappa shape index (κ3) is 4.95. The van der Waals surface area contributed by atoms with E-state index in [0.29, 0.717) is 40.8 Å². The lowest BCUT2D eigenvalue weighted by Gasteiger charge is -2.46. The molecule has 44 heavy (non-hydrogen) atoms. The fourth-order valence-electron chi connectivity index (χ4n) is 6.42. The Balaban J connectivity index is 1.24. The zero-order chi connectivity index (χ0) is 30.3. The van der Waals surface area contributed by atoms with E-state index in [2.05, 4.69) is 32.3 Å². The van der Waals surface area contributed by atoms with Crippen molar-refractivity contribution in [1.29, 1.82) is 0 Å². The van der Waals surface area contributed by atoms with Crippen molar-refractivity contribution in [2.75, 3.05) is 36.9 Å². The van der Waals surface area contributed by atoms with Crippen LogP contribution in [0.5, 0.6) is 0 Å². The number of aryl methyl sites for hydroxylation is 1. The molecule has 3 aliphatic heterocycles. The third-order valence-corrected chi connectivity index (χ3v) is 9.07. The van der Waals surface area contributed by atoms with Gasteiger partial charge in [-0.1, -0.05) is 41.6 Å². The minimum atomic E-state index is -0.433. The van der Waals surface area contributed by atoms with E-state index in [0.717, 1.165) is 55.8 Å². The molecule has 3 fully saturated rings. The van der Waals surface area contributed by atoms with Crippen LogP contribution in [0.25, 0.3) is 22.4 Å². The number of anilines is 3. The summed E-state index contributed by atoms with van der Waals surface area (Å²) in [4.78, 5) is 29.6. The van der Waals surface area contributed by atoms with Crippen LogP contribution in [0.1, 0.15) is 36.7 Å². The van der Waals surface area contributed by atoms with Gasteiger partial charge < -0.3 is 25.2 Å². The van der Waals surface area contributed by atoms with E-state index in [1.54, 1.807) is 23.0 Å². The second kappa shape index (κ2) is 11.4. The molecule has 0 saturated carbocycles. The molecule has 8 rings (SSSR count). The number of hydrogen-bond acceptors (Lipinski definition) is 10. The number of piperidine rings is 3. The second-order valence-corrected chi connectivity index (χ2v) is 11.6. The van der Waals surface area contributed by atoms with Gasteiger partial charge in [-0.15, -0.1) is 6.58 Å². The number of fused-ring (bicyclic) bond motifs is 4. The summed E-state index contributed by atoms with van der Waals surface area (Å²) >= 11 is 0. The highest BCUT2D eigenvalue weighted by molar-refractivity contribution is 5.83. The number of aromatic nitrogens is 6. The van der Waals surface area contributed by atoms with Crippen molar-refractivity contribution in [3.8, 4) is 11.5 Å². The predicted molar refractivity (Wildman–Crippen MR) is 168 cm³/mol. The number of aliphatic hydroxyl groups excluding tert-OH is 1. The molecule has 226 valence electrons. The van der Waals surface area contributed by atoms with Gasteiger partial charge in [0, 0.05) is 24.3 Å². The maximum absolute atomic E-state index is 12.8. The molecule has 3 N–H and O–H groups in total. The molecular formula is C32H35N9O3. The first kappa shape index (κ1) is 28.0. The van der Waals surface area contributed by atoms with E-state index < -0.39 is 6.04 Å². The Hall–Kier alpha value is -4.81. The summed E-state index contributed by atoms with van der Waals surface area (Å²) in [5.41, 5.74) is 2.80. The zero-order valence-corrected chi connectivity index (χ0v) is 24.6. The third-order valence-electron chi connectivity index (χ3n) is 9.07. The Morgan fingerprint density at radius 2 is 1.89 bits per heavy atom. The lowest BCUT2D eigenvalue weighted by molar-refractivity contribution is 0.0747. The van der Waals surface area contributed by atoms with E-state index in [-0.39, 0.29) is 17.6 Å². The lowest BCUT2D eigenvalue weighted by Crippen LogP contribution is -2.51. The Morgan fingerprint density at radius 3 is 2.61 bits per heavy atom. The number of rotatable bonds is 10. The highest BCUT2D eigenvalue weighted by Crippen LogP contribution is 2.42. The maximum Gasteiger partial charge on any atom is 0.274 e. The van der Waals surface area contributed by atoms with E-state index >= 15 is 0 Å². The second-order valence-electron chi connectivity index (χ2n) is 11.6. The molecule has 0 amide bonds. The molecule has 0 spiro atoms. The summed E-state index contributed by atoms with van der Waals surface area (Å²) in [6.07, 6.45) is 6.41. The zero-order valence-electron chi connectivity index (χ0n) is 24.6. The number of nitrogens with zero attached hydrogens (tertiary/aromatic N) is 7. The number of allylic oxidation sites excluding steroid dienone is 1. The van der Waals surface area contributed by atoms with Crippen molar-refractivity contribution in [2.45, 2.75) is 37.3 Å². The fourth-order valence-corrected chi connectivity index (χ4v) is 6.42. The van der Waals surface area contributed by atoms with Crippen LogP contribution >= 0.6 is 0 Å². The largest absolute Gasteiger partial charge is 0.394 e. The molecule has 3 aromatic heterocycles. The van der Waals surface area contributed by atoms with Crippen LogP contribution in [0, 0.1) is 0 Å². The van der Waals surface area contributed by atoms with Crippen LogP contribution in [0.2, 0.25) is 0 Å². The standard InChI is InChI=1S/C32H35N9O3/c1-3-14-41-29(43)23-10-9-22(18-26(23)39(41)2)34-31-33-19-24(27(36-31)35-25(20-42)21-7-5-4-6-8-21)28-37-30(38-44-28)32-11-15-40(16-12-32)17-13-32/h3-10,18-19,25,42H,1,11-17,20H2,2H3,(H2,33,34,35,36)/t25-/m1/s1. The topological polar surface area (TPSA) is 139 Å². The average molecular weight is 594 g/mol.